The number of hydrogen-bond donors (Lipinski definition) is 1. The highest BCUT2D eigenvalue weighted by molar-refractivity contribution is 7.19. The first kappa shape index (κ1) is 13.1. The number of hydrogen-bond acceptors (Lipinski definition) is 2. The van der Waals surface area contributed by atoms with Gasteiger partial charge in [-0.3, -0.25) is 0 Å². The molecule has 0 bridgehead atoms. The molecule has 0 amide bonds. The lowest BCUT2D eigenvalue weighted by Gasteiger charge is -2.14. The first-order valence-corrected chi connectivity index (χ1v) is 7.28. The second kappa shape index (κ2) is 6.58. The molecule has 0 spiro atoms. The fraction of sp³-hybridized carbons (Fsp3) is 0.375. The van der Waals surface area contributed by atoms with E-state index in [0.29, 0.717) is 6.04 Å². The average molecular weight is 257 g/mol. The van der Waals surface area contributed by atoms with Crippen molar-refractivity contribution in [2.24, 2.45) is 0 Å². The lowest BCUT2D eigenvalue weighted by atomic mass is 10.1. The van der Waals surface area contributed by atoms with E-state index < -0.39 is 0 Å². The Morgan fingerprint density at radius 2 is 2.17 bits per heavy atom. The highest BCUT2D eigenvalue weighted by atomic mass is 32.1. The van der Waals surface area contributed by atoms with Gasteiger partial charge in [0.25, 0.3) is 0 Å². The summed E-state index contributed by atoms with van der Waals surface area (Å²) < 4.78 is 1.37. The Morgan fingerprint density at radius 3 is 2.89 bits per heavy atom. The normalized spacial score (nSPS) is 12.1. The Labute approximate surface area is 113 Å². The summed E-state index contributed by atoms with van der Waals surface area (Å²) >= 11 is 1.89. The minimum absolute atomic E-state index is 0.438. The van der Waals surface area contributed by atoms with Gasteiger partial charge in [-0.2, -0.15) is 0 Å². The van der Waals surface area contributed by atoms with Crippen molar-refractivity contribution in [1.29, 1.82) is 0 Å². The molecule has 1 atom stereocenters. The third-order valence-electron chi connectivity index (χ3n) is 2.97. The summed E-state index contributed by atoms with van der Waals surface area (Å²) in [5.74, 6) is 6.12. The highest BCUT2D eigenvalue weighted by Crippen LogP contribution is 2.31. The smallest absolute Gasteiger partial charge is 0.0424 e. The summed E-state index contributed by atoms with van der Waals surface area (Å²) in [6.45, 7) is 5.06. The molecule has 0 fully saturated rings. The van der Waals surface area contributed by atoms with Crippen LogP contribution in [-0.4, -0.2) is 6.54 Å². The number of thiophene rings is 1. The molecule has 1 aromatic carbocycles. The molecule has 2 rings (SSSR count). The van der Waals surface area contributed by atoms with Gasteiger partial charge in [-0.15, -0.1) is 23.2 Å². The van der Waals surface area contributed by atoms with E-state index in [1.165, 1.54) is 15.0 Å². The lowest BCUT2D eigenvalue weighted by Crippen LogP contribution is -2.19. The molecule has 1 N–H and O–H groups in total. The zero-order valence-electron chi connectivity index (χ0n) is 11.0. The van der Waals surface area contributed by atoms with Crippen LogP contribution in [0.1, 0.15) is 37.6 Å². The minimum Gasteiger partial charge on any atom is -0.309 e. The molecule has 18 heavy (non-hydrogen) atoms. The SMILES string of the molecule is CC#CCCC(NCC)c1cc2ccccc2s1. The molecule has 0 radical (unpaired) electrons. The number of rotatable bonds is 5. The van der Waals surface area contributed by atoms with Gasteiger partial charge in [-0.1, -0.05) is 25.1 Å². The van der Waals surface area contributed by atoms with Gasteiger partial charge in [0.1, 0.15) is 0 Å². The molecule has 1 unspecified atom stereocenters. The monoisotopic (exact) mass is 257 g/mol. The van der Waals surface area contributed by atoms with Crippen molar-refractivity contribution < 1.29 is 0 Å². The highest BCUT2D eigenvalue weighted by Gasteiger charge is 2.12. The first-order chi connectivity index (χ1) is 8.85. The molecular formula is C16H19NS. The summed E-state index contributed by atoms with van der Waals surface area (Å²) in [4.78, 5) is 1.43. The third kappa shape index (κ3) is 3.13. The number of nitrogens with one attached hydrogen (secondary N) is 1. The maximum absolute atomic E-state index is 3.56. The molecule has 94 valence electrons. The predicted molar refractivity (Wildman–Crippen MR) is 80.9 cm³/mol. The van der Waals surface area contributed by atoms with E-state index in [1.807, 2.05) is 18.3 Å². The maximum atomic E-state index is 3.56. The number of benzene rings is 1. The Morgan fingerprint density at radius 1 is 1.33 bits per heavy atom. The summed E-state index contributed by atoms with van der Waals surface area (Å²) in [5.41, 5.74) is 0. The van der Waals surface area contributed by atoms with Crippen LogP contribution in [0.4, 0.5) is 0 Å². The predicted octanol–water partition coefficient (Wildman–Crippen LogP) is 4.36. The molecule has 0 aliphatic carbocycles. The second-order valence-corrected chi connectivity index (χ2v) is 5.38. The Kier molecular flexibility index (Phi) is 4.81. The van der Waals surface area contributed by atoms with Gasteiger partial charge in [0.05, 0.1) is 0 Å². The molecule has 0 aliphatic rings. The van der Waals surface area contributed by atoms with Crippen molar-refractivity contribution >= 4 is 21.4 Å². The van der Waals surface area contributed by atoms with E-state index in [9.17, 15) is 0 Å². The van der Waals surface area contributed by atoms with E-state index in [1.54, 1.807) is 0 Å². The standard InChI is InChI=1S/C16H19NS/c1-3-5-6-10-14(17-4-2)16-12-13-9-7-8-11-15(13)18-16/h7-9,11-12,14,17H,4,6,10H2,1-2H3. The zero-order chi connectivity index (χ0) is 12.8. The fourth-order valence-corrected chi connectivity index (χ4v) is 3.28. The van der Waals surface area contributed by atoms with E-state index in [0.717, 1.165) is 19.4 Å². The Hall–Kier alpha value is -1.30. The second-order valence-electron chi connectivity index (χ2n) is 4.26. The lowest BCUT2D eigenvalue weighted by molar-refractivity contribution is 0.530. The van der Waals surface area contributed by atoms with Crippen LogP contribution in [0.15, 0.2) is 30.3 Å². The molecule has 0 saturated heterocycles. The van der Waals surface area contributed by atoms with Crippen molar-refractivity contribution in [2.45, 2.75) is 32.7 Å². The molecule has 1 heterocycles. The van der Waals surface area contributed by atoms with E-state index in [4.69, 9.17) is 0 Å². The van der Waals surface area contributed by atoms with E-state index in [2.05, 4.69) is 54.4 Å². The molecular weight excluding hydrogens is 238 g/mol. The van der Waals surface area contributed by atoms with E-state index >= 15 is 0 Å². The van der Waals surface area contributed by atoms with Crippen LogP contribution in [0.3, 0.4) is 0 Å². The van der Waals surface area contributed by atoms with Crippen LogP contribution in [0.2, 0.25) is 0 Å². The first-order valence-electron chi connectivity index (χ1n) is 6.46. The summed E-state index contributed by atoms with van der Waals surface area (Å²) in [5, 5.41) is 4.91. The Balaban J connectivity index is 2.19. The zero-order valence-corrected chi connectivity index (χ0v) is 11.8. The summed E-state index contributed by atoms with van der Waals surface area (Å²) in [6, 6.07) is 11.3. The summed E-state index contributed by atoms with van der Waals surface area (Å²) in [6.07, 6.45) is 2.05. The van der Waals surface area contributed by atoms with Gasteiger partial charge in [-0.05, 0) is 37.4 Å². The van der Waals surface area contributed by atoms with Crippen LogP contribution < -0.4 is 5.32 Å². The van der Waals surface area contributed by atoms with Crippen LogP contribution in [0.25, 0.3) is 10.1 Å². The van der Waals surface area contributed by atoms with Gasteiger partial charge in [0, 0.05) is 22.0 Å². The minimum atomic E-state index is 0.438. The maximum Gasteiger partial charge on any atom is 0.0424 e. The van der Waals surface area contributed by atoms with Crippen molar-refractivity contribution in [3.8, 4) is 11.8 Å². The van der Waals surface area contributed by atoms with Crippen molar-refractivity contribution in [2.75, 3.05) is 6.54 Å². The van der Waals surface area contributed by atoms with Gasteiger partial charge in [0.2, 0.25) is 0 Å². The molecule has 0 aliphatic heterocycles. The summed E-state index contributed by atoms with van der Waals surface area (Å²) in [7, 11) is 0. The van der Waals surface area contributed by atoms with Crippen molar-refractivity contribution in [3.05, 3.63) is 35.2 Å². The largest absolute Gasteiger partial charge is 0.309 e. The topological polar surface area (TPSA) is 12.0 Å². The fourth-order valence-electron chi connectivity index (χ4n) is 2.11. The van der Waals surface area contributed by atoms with Crippen LogP contribution in [-0.2, 0) is 0 Å². The van der Waals surface area contributed by atoms with Crippen LogP contribution >= 0.6 is 11.3 Å². The van der Waals surface area contributed by atoms with Gasteiger partial charge in [-0.25, -0.2) is 0 Å². The van der Waals surface area contributed by atoms with Crippen LogP contribution in [0.5, 0.6) is 0 Å². The van der Waals surface area contributed by atoms with Gasteiger partial charge < -0.3 is 5.32 Å². The molecule has 1 nitrogen and oxygen atoms in total. The third-order valence-corrected chi connectivity index (χ3v) is 4.20. The molecule has 0 saturated carbocycles. The molecule has 2 aromatic rings. The van der Waals surface area contributed by atoms with Crippen molar-refractivity contribution in [1.82, 2.24) is 5.32 Å². The quantitative estimate of drug-likeness (QED) is 0.785. The molecule has 1 aromatic heterocycles. The van der Waals surface area contributed by atoms with E-state index in [-0.39, 0.29) is 0 Å². The molecule has 2 heteroatoms. The Bertz CT molecular complexity index is 526. The van der Waals surface area contributed by atoms with Crippen molar-refractivity contribution in [3.63, 3.8) is 0 Å². The average Bonchev–Trinajstić information content (AvgIpc) is 2.81. The number of fused-ring (bicyclic) bond motifs is 1. The van der Waals surface area contributed by atoms with Crippen LogP contribution in [0, 0.1) is 11.8 Å². The van der Waals surface area contributed by atoms with Gasteiger partial charge in [0.15, 0.2) is 0 Å². The van der Waals surface area contributed by atoms with Gasteiger partial charge >= 0.3 is 0 Å².